The number of amides is 2. The lowest BCUT2D eigenvalue weighted by Gasteiger charge is -2.33. The van der Waals surface area contributed by atoms with Crippen LogP contribution in [-0.4, -0.2) is 44.3 Å². The van der Waals surface area contributed by atoms with E-state index in [-0.39, 0.29) is 17.3 Å². The van der Waals surface area contributed by atoms with Crippen molar-refractivity contribution in [3.05, 3.63) is 96.1 Å². The van der Waals surface area contributed by atoms with Gasteiger partial charge in [-0.15, -0.1) is 0 Å². The Morgan fingerprint density at radius 2 is 1.47 bits per heavy atom. The van der Waals surface area contributed by atoms with E-state index in [2.05, 4.69) is 5.32 Å². The lowest BCUT2D eigenvalue weighted by atomic mass is 10.1. The van der Waals surface area contributed by atoms with E-state index in [1.54, 1.807) is 54.6 Å². The molecule has 202 valence electrons. The van der Waals surface area contributed by atoms with Gasteiger partial charge in [-0.25, -0.2) is 8.42 Å². The van der Waals surface area contributed by atoms with Gasteiger partial charge in [0.1, 0.15) is 12.6 Å². The molecule has 0 bridgehead atoms. The molecule has 0 aromatic heterocycles. The first kappa shape index (κ1) is 28.9. The highest BCUT2D eigenvalue weighted by Gasteiger charge is 2.33. The molecule has 38 heavy (non-hydrogen) atoms. The highest BCUT2D eigenvalue weighted by molar-refractivity contribution is 7.92. The lowest BCUT2D eigenvalue weighted by molar-refractivity contribution is -0.140. The van der Waals surface area contributed by atoms with Gasteiger partial charge in [0.2, 0.25) is 11.8 Å². The Kier molecular flexibility index (Phi) is 10.5. The molecule has 0 saturated carbocycles. The van der Waals surface area contributed by atoms with E-state index in [1.165, 1.54) is 4.90 Å². The third kappa shape index (κ3) is 7.44. The SMILES string of the molecule is CCCCNC(=O)[C@H](CC)N(Cc1ccccc1)C(=O)CN(c1ccccc1)S(=O)(=O)c1ccc(C)cc1. The predicted molar refractivity (Wildman–Crippen MR) is 151 cm³/mol. The summed E-state index contributed by atoms with van der Waals surface area (Å²) in [7, 11) is -4.06. The Hall–Kier alpha value is -3.65. The molecule has 0 radical (unpaired) electrons. The van der Waals surface area contributed by atoms with Crippen molar-refractivity contribution in [2.24, 2.45) is 0 Å². The van der Waals surface area contributed by atoms with E-state index >= 15 is 0 Å². The van der Waals surface area contributed by atoms with Gasteiger partial charge in [-0.05, 0) is 49.6 Å². The van der Waals surface area contributed by atoms with Crippen LogP contribution < -0.4 is 9.62 Å². The van der Waals surface area contributed by atoms with Crippen molar-refractivity contribution < 1.29 is 18.0 Å². The number of nitrogens with one attached hydrogen (secondary N) is 1. The fourth-order valence-electron chi connectivity index (χ4n) is 4.17. The Bertz CT molecular complexity index is 1280. The smallest absolute Gasteiger partial charge is 0.264 e. The Morgan fingerprint density at radius 1 is 0.868 bits per heavy atom. The van der Waals surface area contributed by atoms with Gasteiger partial charge < -0.3 is 10.2 Å². The molecule has 0 fully saturated rings. The highest BCUT2D eigenvalue weighted by Crippen LogP contribution is 2.25. The molecule has 0 saturated heterocycles. The number of anilines is 1. The number of nitrogens with zero attached hydrogens (tertiary/aromatic N) is 2. The van der Waals surface area contributed by atoms with Crippen LogP contribution in [0.3, 0.4) is 0 Å². The second kappa shape index (κ2) is 13.8. The normalized spacial score (nSPS) is 12.0. The summed E-state index contributed by atoms with van der Waals surface area (Å²) in [5, 5.41) is 2.94. The number of sulfonamides is 1. The van der Waals surface area contributed by atoms with Crippen molar-refractivity contribution in [2.75, 3.05) is 17.4 Å². The predicted octanol–water partition coefficient (Wildman–Crippen LogP) is 4.91. The summed E-state index contributed by atoms with van der Waals surface area (Å²) in [5.74, 6) is -0.691. The summed E-state index contributed by atoms with van der Waals surface area (Å²) in [6.07, 6.45) is 2.17. The number of hydrogen-bond acceptors (Lipinski definition) is 4. The van der Waals surface area contributed by atoms with Crippen LogP contribution in [0.2, 0.25) is 0 Å². The maximum absolute atomic E-state index is 13.9. The van der Waals surface area contributed by atoms with Crippen LogP contribution in [0.15, 0.2) is 89.8 Å². The molecule has 0 heterocycles. The quantitative estimate of drug-likeness (QED) is 0.315. The minimum Gasteiger partial charge on any atom is -0.354 e. The van der Waals surface area contributed by atoms with Crippen LogP contribution in [0.1, 0.15) is 44.2 Å². The number of carbonyl (C=O) groups is 2. The number of benzene rings is 3. The largest absolute Gasteiger partial charge is 0.354 e. The van der Waals surface area contributed by atoms with Crippen molar-refractivity contribution in [3.8, 4) is 0 Å². The van der Waals surface area contributed by atoms with Crippen LogP contribution in [0.25, 0.3) is 0 Å². The first-order valence-corrected chi connectivity index (χ1v) is 14.5. The molecule has 3 rings (SSSR count). The highest BCUT2D eigenvalue weighted by atomic mass is 32.2. The summed E-state index contributed by atoms with van der Waals surface area (Å²) in [6, 6.07) is 23.8. The third-order valence-electron chi connectivity index (χ3n) is 6.34. The van der Waals surface area contributed by atoms with E-state index < -0.39 is 28.5 Å². The molecule has 3 aromatic rings. The number of rotatable bonds is 13. The number of hydrogen-bond donors (Lipinski definition) is 1. The van der Waals surface area contributed by atoms with Gasteiger partial charge in [0.05, 0.1) is 10.6 Å². The second-order valence-electron chi connectivity index (χ2n) is 9.24. The van der Waals surface area contributed by atoms with Gasteiger partial charge >= 0.3 is 0 Å². The maximum Gasteiger partial charge on any atom is 0.264 e. The zero-order valence-corrected chi connectivity index (χ0v) is 23.2. The van der Waals surface area contributed by atoms with Crippen molar-refractivity contribution in [2.45, 2.75) is 57.5 Å². The van der Waals surface area contributed by atoms with Crippen LogP contribution in [0.4, 0.5) is 5.69 Å². The molecule has 1 N–H and O–H groups in total. The number of unbranched alkanes of at least 4 members (excludes halogenated alkanes) is 1. The average molecular weight is 536 g/mol. The summed E-state index contributed by atoms with van der Waals surface area (Å²) in [6.45, 7) is 6.05. The molecular formula is C30H37N3O4S. The molecule has 0 unspecified atom stereocenters. The molecule has 3 aromatic carbocycles. The Labute approximate surface area is 226 Å². The van der Waals surface area contributed by atoms with Gasteiger partial charge in [-0.3, -0.25) is 13.9 Å². The van der Waals surface area contributed by atoms with Gasteiger partial charge in [0.25, 0.3) is 10.0 Å². The van der Waals surface area contributed by atoms with Crippen molar-refractivity contribution in [3.63, 3.8) is 0 Å². The van der Waals surface area contributed by atoms with E-state index in [0.29, 0.717) is 18.7 Å². The summed E-state index contributed by atoms with van der Waals surface area (Å²) < 4.78 is 28.7. The first-order chi connectivity index (χ1) is 18.3. The van der Waals surface area contributed by atoms with Crippen LogP contribution in [0, 0.1) is 6.92 Å². The van der Waals surface area contributed by atoms with Crippen LogP contribution >= 0.6 is 0 Å². The number of aryl methyl sites for hydroxylation is 1. The Balaban J connectivity index is 1.99. The molecule has 0 aliphatic carbocycles. The first-order valence-electron chi connectivity index (χ1n) is 13.0. The molecule has 1 atom stereocenters. The lowest BCUT2D eigenvalue weighted by Crippen LogP contribution is -2.52. The number of para-hydroxylation sites is 1. The average Bonchev–Trinajstić information content (AvgIpc) is 2.93. The molecule has 0 aliphatic heterocycles. The maximum atomic E-state index is 13.9. The fourth-order valence-corrected chi connectivity index (χ4v) is 5.58. The van der Waals surface area contributed by atoms with Gasteiger partial charge in [-0.2, -0.15) is 0 Å². The number of carbonyl (C=O) groups excluding carboxylic acids is 2. The minimum atomic E-state index is -4.06. The summed E-state index contributed by atoms with van der Waals surface area (Å²) >= 11 is 0. The fraction of sp³-hybridized carbons (Fsp3) is 0.333. The molecule has 7 nitrogen and oxygen atoms in total. The van der Waals surface area contributed by atoms with Gasteiger partial charge in [0, 0.05) is 13.1 Å². The Morgan fingerprint density at radius 3 is 2.05 bits per heavy atom. The third-order valence-corrected chi connectivity index (χ3v) is 8.13. The van der Waals surface area contributed by atoms with E-state index in [4.69, 9.17) is 0 Å². The van der Waals surface area contributed by atoms with E-state index in [1.807, 2.05) is 51.1 Å². The van der Waals surface area contributed by atoms with E-state index in [0.717, 1.165) is 28.3 Å². The van der Waals surface area contributed by atoms with E-state index in [9.17, 15) is 18.0 Å². The molecule has 8 heteroatoms. The van der Waals surface area contributed by atoms with Gasteiger partial charge in [0.15, 0.2) is 0 Å². The zero-order valence-electron chi connectivity index (χ0n) is 22.3. The van der Waals surface area contributed by atoms with Crippen molar-refractivity contribution in [1.29, 1.82) is 0 Å². The topological polar surface area (TPSA) is 86.8 Å². The summed E-state index contributed by atoms with van der Waals surface area (Å²) in [4.78, 5) is 28.7. The minimum absolute atomic E-state index is 0.0960. The van der Waals surface area contributed by atoms with Crippen LogP contribution in [-0.2, 0) is 26.2 Å². The standard InChI is InChI=1S/C30H37N3O4S/c1-4-6-21-31-30(35)28(5-2)32(22-25-13-9-7-10-14-25)29(34)23-33(26-15-11-8-12-16-26)38(36,37)27-19-17-24(3)18-20-27/h7-20,28H,4-6,21-23H2,1-3H3,(H,31,35)/t28-/m0/s1. The molecule has 0 aliphatic rings. The second-order valence-corrected chi connectivity index (χ2v) is 11.1. The van der Waals surface area contributed by atoms with Crippen LogP contribution in [0.5, 0.6) is 0 Å². The molecule has 2 amide bonds. The van der Waals surface area contributed by atoms with Crippen molar-refractivity contribution in [1.82, 2.24) is 10.2 Å². The van der Waals surface area contributed by atoms with Crippen molar-refractivity contribution >= 4 is 27.5 Å². The van der Waals surface area contributed by atoms with Gasteiger partial charge in [-0.1, -0.05) is 86.5 Å². The monoisotopic (exact) mass is 535 g/mol. The molecular weight excluding hydrogens is 498 g/mol. The zero-order chi connectivity index (χ0) is 27.5. The summed E-state index contributed by atoms with van der Waals surface area (Å²) in [5.41, 5.74) is 2.16. The molecule has 0 spiro atoms.